The molecule has 138 valence electrons. The van der Waals surface area contributed by atoms with Crippen LogP contribution in [0.4, 0.5) is 0 Å². The zero-order chi connectivity index (χ0) is 18.8. The molecule has 0 unspecified atom stereocenters. The minimum atomic E-state index is -0.193. The molecule has 1 aromatic heterocycles. The summed E-state index contributed by atoms with van der Waals surface area (Å²) in [6.45, 7) is 6.46. The summed E-state index contributed by atoms with van der Waals surface area (Å²) < 4.78 is 0. The minimum Gasteiger partial charge on any atom is -0.506 e. The number of nitrogens with one attached hydrogen (secondary N) is 2. The molecular formula is C22H28N2O2. The maximum absolute atomic E-state index is 11.1. The van der Waals surface area contributed by atoms with Gasteiger partial charge in [-0.1, -0.05) is 50.2 Å². The summed E-state index contributed by atoms with van der Waals surface area (Å²) >= 11 is 0. The highest BCUT2D eigenvalue weighted by Gasteiger charge is 2.04. The molecule has 4 nitrogen and oxygen atoms in total. The Morgan fingerprint density at radius 1 is 0.962 bits per heavy atom. The first kappa shape index (κ1) is 19.7. The third-order valence-electron chi connectivity index (χ3n) is 4.20. The van der Waals surface area contributed by atoms with Crippen LogP contribution in [-0.4, -0.2) is 23.2 Å². The predicted molar refractivity (Wildman–Crippen MR) is 109 cm³/mol. The Kier molecular flexibility index (Phi) is 7.90. The van der Waals surface area contributed by atoms with Crippen LogP contribution < -0.4 is 10.9 Å². The molecule has 0 spiro atoms. The van der Waals surface area contributed by atoms with Crippen LogP contribution in [0.25, 0.3) is 10.9 Å². The number of rotatable bonds is 6. The fourth-order valence-electron chi connectivity index (χ4n) is 2.78. The lowest BCUT2D eigenvalue weighted by molar-refractivity contribution is 0.480. The number of aromatic hydroxyl groups is 1. The van der Waals surface area contributed by atoms with Crippen LogP contribution >= 0.6 is 0 Å². The molecule has 3 rings (SSSR count). The van der Waals surface area contributed by atoms with Crippen LogP contribution in [-0.2, 0) is 12.8 Å². The highest BCUT2D eigenvalue weighted by atomic mass is 16.3. The second kappa shape index (κ2) is 10.4. The van der Waals surface area contributed by atoms with Crippen LogP contribution in [0.2, 0.25) is 0 Å². The molecule has 0 bridgehead atoms. The van der Waals surface area contributed by atoms with E-state index in [1.54, 1.807) is 12.1 Å². The molecule has 0 aliphatic carbocycles. The van der Waals surface area contributed by atoms with Crippen molar-refractivity contribution in [2.45, 2.75) is 33.1 Å². The number of phenols is 1. The second-order valence-corrected chi connectivity index (χ2v) is 6.19. The lowest BCUT2D eigenvalue weighted by atomic mass is 10.1. The molecule has 0 amide bonds. The number of aromatic nitrogens is 1. The molecule has 1 heterocycles. The molecule has 0 aliphatic heterocycles. The van der Waals surface area contributed by atoms with Crippen molar-refractivity contribution in [3.8, 4) is 5.75 Å². The molecule has 0 radical (unpaired) electrons. The first-order chi connectivity index (χ1) is 12.7. The summed E-state index contributed by atoms with van der Waals surface area (Å²) in [5.41, 5.74) is 2.87. The van der Waals surface area contributed by atoms with Crippen LogP contribution in [0.3, 0.4) is 0 Å². The number of aryl methyl sites for hydroxylation is 1. The highest BCUT2D eigenvalue weighted by Crippen LogP contribution is 2.24. The quantitative estimate of drug-likeness (QED) is 0.587. The van der Waals surface area contributed by atoms with Crippen molar-refractivity contribution >= 4 is 10.9 Å². The third-order valence-corrected chi connectivity index (χ3v) is 4.20. The second-order valence-electron chi connectivity index (χ2n) is 6.19. The fraction of sp³-hybridized carbons (Fsp3) is 0.318. The molecule has 0 atom stereocenters. The monoisotopic (exact) mass is 352 g/mol. The topological polar surface area (TPSA) is 65.1 Å². The van der Waals surface area contributed by atoms with Crippen molar-refractivity contribution in [1.82, 2.24) is 10.3 Å². The van der Waals surface area contributed by atoms with E-state index in [-0.39, 0.29) is 11.3 Å². The zero-order valence-electron chi connectivity index (χ0n) is 15.6. The SMILES string of the molecule is CCCNCCc1ccccc1.CCc1ccc(O)c2[nH]c(=O)ccc12. The van der Waals surface area contributed by atoms with Crippen LogP contribution in [0.1, 0.15) is 31.4 Å². The summed E-state index contributed by atoms with van der Waals surface area (Å²) in [5.74, 6) is 0.120. The van der Waals surface area contributed by atoms with Gasteiger partial charge in [0.2, 0.25) is 5.56 Å². The van der Waals surface area contributed by atoms with E-state index in [1.807, 2.05) is 13.0 Å². The standard InChI is InChI=1S/C11H11NO2.C11H17N/c1-2-7-3-5-9(13)11-8(7)4-6-10(14)12-11;1-2-9-12-10-8-11-6-4-3-5-7-11/h3-6,13H,2H2,1H3,(H,12,14);3-7,12H,2,8-10H2,1H3. The third kappa shape index (κ3) is 5.74. The lowest BCUT2D eigenvalue weighted by Crippen LogP contribution is -2.17. The highest BCUT2D eigenvalue weighted by molar-refractivity contribution is 5.87. The van der Waals surface area contributed by atoms with Crippen LogP contribution in [0.15, 0.2) is 59.4 Å². The zero-order valence-corrected chi connectivity index (χ0v) is 15.6. The Bertz CT molecular complexity index is 857. The van der Waals surface area contributed by atoms with Crippen molar-refractivity contribution < 1.29 is 5.11 Å². The van der Waals surface area contributed by atoms with Gasteiger partial charge in [-0.3, -0.25) is 4.79 Å². The molecule has 0 fully saturated rings. The fourth-order valence-corrected chi connectivity index (χ4v) is 2.78. The summed E-state index contributed by atoms with van der Waals surface area (Å²) in [6, 6.07) is 17.3. The molecule has 3 N–H and O–H groups in total. The number of fused-ring (bicyclic) bond motifs is 1. The molecule has 0 saturated carbocycles. The number of pyridine rings is 1. The van der Waals surface area contributed by atoms with Gasteiger partial charge in [0.15, 0.2) is 0 Å². The van der Waals surface area contributed by atoms with Crippen molar-refractivity contribution in [2.24, 2.45) is 0 Å². The smallest absolute Gasteiger partial charge is 0.248 e. The van der Waals surface area contributed by atoms with Gasteiger partial charge in [0.05, 0.1) is 5.52 Å². The Morgan fingerprint density at radius 3 is 2.42 bits per heavy atom. The summed E-state index contributed by atoms with van der Waals surface area (Å²) in [7, 11) is 0. The van der Waals surface area contributed by atoms with E-state index in [9.17, 15) is 9.90 Å². The number of H-pyrrole nitrogens is 1. The normalized spacial score (nSPS) is 10.4. The lowest BCUT2D eigenvalue weighted by Gasteiger charge is -2.04. The maximum Gasteiger partial charge on any atom is 0.248 e. The Labute approximate surface area is 154 Å². The van der Waals surface area contributed by atoms with E-state index in [4.69, 9.17) is 0 Å². The van der Waals surface area contributed by atoms with Gasteiger partial charge in [-0.25, -0.2) is 0 Å². The van der Waals surface area contributed by atoms with Crippen molar-refractivity contribution in [1.29, 1.82) is 0 Å². The average molecular weight is 352 g/mol. The Hall–Kier alpha value is -2.59. The summed E-state index contributed by atoms with van der Waals surface area (Å²) in [5, 5.41) is 13.8. The molecule has 2 aromatic carbocycles. The van der Waals surface area contributed by atoms with E-state index in [0.717, 1.165) is 36.9 Å². The Morgan fingerprint density at radius 2 is 1.73 bits per heavy atom. The van der Waals surface area contributed by atoms with E-state index in [2.05, 4.69) is 47.6 Å². The van der Waals surface area contributed by atoms with Crippen molar-refractivity contribution in [3.05, 3.63) is 76.1 Å². The molecule has 0 saturated heterocycles. The van der Waals surface area contributed by atoms with Gasteiger partial charge in [0.25, 0.3) is 0 Å². The number of hydrogen-bond donors (Lipinski definition) is 3. The van der Waals surface area contributed by atoms with Gasteiger partial charge in [0.1, 0.15) is 5.75 Å². The Balaban J connectivity index is 0.000000190. The van der Waals surface area contributed by atoms with E-state index in [0.29, 0.717) is 5.52 Å². The van der Waals surface area contributed by atoms with Gasteiger partial charge in [0, 0.05) is 11.5 Å². The van der Waals surface area contributed by atoms with Gasteiger partial charge in [-0.2, -0.15) is 0 Å². The van der Waals surface area contributed by atoms with E-state index >= 15 is 0 Å². The van der Waals surface area contributed by atoms with Gasteiger partial charge < -0.3 is 15.4 Å². The van der Waals surface area contributed by atoms with Crippen molar-refractivity contribution in [2.75, 3.05) is 13.1 Å². The maximum atomic E-state index is 11.1. The van der Waals surface area contributed by atoms with Gasteiger partial charge >= 0.3 is 0 Å². The van der Waals surface area contributed by atoms with E-state index < -0.39 is 0 Å². The molecule has 26 heavy (non-hydrogen) atoms. The predicted octanol–water partition coefficient (Wildman–Crippen LogP) is 4.02. The molecule has 3 aromatic rings. The first-order valence-electron chi connectivity index (χ1n) is 9.24. The van der Waals surface area contributed by atoms with Crippen LogP contribution in [0.5, 0.6) is 5.75 Å². The summed E-state index contributed by atoms with van der Waals surface area (Å²) in [4.78, 5) is 13.7. The summed E-state index contributed by atoms with van der Waals surface area (Å²) in [6.07, 6.45) is 3.23. The molecule has 4 heteroatoms. The number of hydrogen-bond acceptors (Lipinski definition) is 3. The number of aromatic amines is 1. The van der Waals surface area contributed by atoms with Gasteiger partial charge in [-0.15, -0.1) is 0 Å². The number of benzene rings is 2. The largest absolute Gasteiger partial charge is 0.506 e. The minimum absolute atomic E-state index is 0.120. The number of phenolic OH excluding ortho intramolecular Hbond substituents is 1. The van der Waals surface area contributed by atoms with Crippen molar-refractivity contribution in [3.63, 3.8) is 0 Å². The van der Waals surface area contributed by atoms with Gasteiger partial charge in [-0.05, 0) is 55.6 Å². The molecular weight excluding hydrogens is 324 g/mol. The first-order valence-corrected chi connectivity index (χ1v) is 9.24. The molecule has 0 aliphatic rings. The van der Waals surface area contributed by atoms with Crippen LogP contribution in [0, 0.1) is 0 Å². The van der Waals surface area contributed by atoms with E-state index in [1.165, 1.54) is 18.1 Å². The average Bonchev–Trinajstić information content (AvgIpc) is 2.67.